The number of amides is 1. The molecule has 116 valence electrons. The van der Waals surface area contributed by atoms with Gasteiger partial charge in [-0.2, -0.15) is 8.78 Å². The third kappa shape index (κ3) is 4.62. The van der Waals surface area contributed by atoms with Gasteiger partial charge >= 0.3 is 12.7 Å². The molecule has 2 aromatic rings. The highest BCUT2D eigenvalue weighted by Crippen LogP contribution is 2.25. The van der Waals surface area contributed by atoms with Crippen LogP contribution in [0.1, 0.15) is 0 Å². The van der Waals surface area contributed by atoms with Crippen LogP contribution in [0.15, 0.2) is 48.5 Å². The first kappa shape index (κ1) is 15.6. The van der Waals surface area contributed by atoms with Gasteiger partial charge in [0.05, 0.1) is 7.11 Å². The highest BCUT2D eigenvalue weighted by atomic mass is 19.3. The first-order valence-electron chi connectivity index (χ1n) is 6.24. The fourth-order valence-corrected chi connectivity index (χ4v) is 1.60. The van der Waals surface area contributed by atoms with Crippen LogP contribution in [0.4, 0.5) is 19.3 Å². The van der Waals surface area contributed by atoms with E-state index in [1.54, 1.807) is 24.3 Å². The van der Waals surface area contributed by atoms with Gasteiger partial charge in [0.25, 0.3) is 0 Å². The lowest BCUT2D eigenvalue weighted by Gasteiger charge is -2.09. The van der Waals surface area contributed by atoms with Crippen molar-refractivity contribution in [1.29, 1.82) is 0 Å². The van der Waals surface area contributed by atoms with Crippen LogP contribution < -0.4 is 14.8 Å². The number of anilines is 1. The molecule has 0 aliphatic rings. The van der Waals surface area contributed by atoms with Crippen LogP contribution in [0.3, 0.4) is 0 Å². The van der Waals surface area contributed by atoms with E-state index in [0.29, 0.717) is 17.2 Å². The van der Waals surface area contributed by atoms with Crippen molar-refractivity contribution in [3.05, 3.63) is 48.5 Å². The molecule has 5 nitrogen and oxygen atoms in total. The molecule has 1 N–H and O–H groups in total. The van der Waals surface area contributed by atoms with Gasteiger partial charge in [0.1, 0.15) is 17.2 Å². The van der Waals surface area contributed by atoms with Gasteiger partial charge in [-0.1, -0.05) is 0 Å². The summed E-state index contributed by atoms with van der Waals surface area (Å²) in [6, 6.07) is 12.4. The third-order valence-corrected chi connectivity index (χ3v) is 2.57. The lowest BCUT2D eigenvalue weighted by Crippen LogP contribution is -2.10. The van der Waals surface area contributed by atoms with Crippen molar-refractivity contribution >= 4 is 11.8 Å². The van der Waals surface area contributed by atoms with Crippen LogP contribution in [0.5, 0.6) is 17.2 Å². The van der Waals surface area contributed by atoms with Crippen molar-refractivity contribution in [2.45, 2.75) is 6.61 Å². The second-order valence-electron chi connectivity index (χ2n) is 4.09. The Kier molecular flexibility index (Phi) is 5.13. The Bertz CT molecular complexity index is 614. The fraction of sp³-hybridized carbons (Fsp3) is 0.133. The van der Waals surface area contributed by atoms with E-state index in [9.17, 15) is 13.6 Å². The monoisotopic (exact) mass is 309 g/mol. The molecule has 0 saturated heterocycles. The molecular formula is C15H13F2NO4. The van der Waals surface area contributed by atoms with E-state index in [4.69, 9.17) is 4.74 Å². The number of hydrogen-bond donors (Lipinski definition) is 1. The van der Waals surface area contributed by atoms with E-state index in [1.807, 2.05) is 0 Å². The molecule has 2 rings (SSSR count). The largest absolute Gasteiger partial charge is 0.457 e. The van der Waals surface area contributed by atoms with Gasteiger partial charge in [-0.25, -0.2) is 4.79 Å². The highest BCUT2D eigenvalue weighted by molar-refractivity contribution is 5.84. The number of alkyl halides is 2. The van der Waals surface area contributed by atoms with E-state index in [-0.39, 0.29) is 5.75 Å². The molecule has 0 unspecified atom stereocenters. The Morgan fingerprint density at radius 3 is 1.95 bits per heavy atom. The molecule has 0 bridgehead atoms. The number of carbonyl (C=O) groups excluding carboxylic acids is 1. The lowest BCUT2D eigenvalue weighted by atomic mass is 10.3. The highest BCUT2D eigenvalue weighted by Gasteiger charge is 2.05. The van der Waals surface area contributed by atoms with Gasteiger partial charge in [-0.05, 0) is 48.5 Å². The summed E-state index contributed by atoms with van der Waals surface area (Å²) in [6.45, 7) is -2.86. The zero-order valence-corrected chi connectivity index (χ0v) is 11.6. The van der Waals surface area contributed by atoms with Crippen LogP contribution in [-0.2, 0) is 4.74 Å². The Morgan fingerprint density at radius 2 is 1.45 bits per heavy atom. The first-order chi connectivity index (χ1) is 10.6. The molecule has 0 atom stereocenters. The number of methoxy groups -OCH3 is 1. The fourth-order valence-electron chi connectivity index (χ4n) is 1.60. The van der Waals surface area contributed by atoms with Crippen molar-refractivity contribution < 1.29 is 27.8 Å². The molecular weight excluding hydrogens is 296 g/mol. The predicted molar refractivity (Wildman–Crippen MR) is 75.6 cm³/mol. The van der Waals surface area contributed by atoms with E-state index < -0.39 is 12.7 Å². The minimum absolute atomic E-state index is 0.0555. The standard InChI is InChI=1S/C15H13F2NO4/c1-20-15(19)18-10-2-4-11(5-3-10)21-12-6-8-13(9-7-12)22-14(16)17/h2-9,14H,1H3,(H,18,19). The molecule has 0 saturated carbocycles. The van der Waals surface area contributed by atoms with Gasteiger partial charge in [-0.3, -0.25) is 5.32 Å². The SMILES string of the molecule is COC(=O)Nc1ccc(Oc2ccc(OC(F)F)cc2)cc1. The van der Waals surface area contributed by atoms with E-state index in [0.717, 1.165) is 0 Å². The molecule has 0 fully saturated rings. The number of halogens is 2. The lowest BCUT2D eigenvalue weighted by molar-refractivity contribution is -0.0498. The minimum atomic E-state index is -2.86. The van der Waals surface area contributed by atoms with Gasteiger partial charge in [-0.15, -0.1) is 0 Å². The molecule has 22 heavy (non-hydrogen) atoms. The average Bonchev–Trinajstić information content (AvgIpc) is 2.50. The van der Waals surface area contributed by atoms with Gasteiger partial charge in [0.2, 0.25) is 0 Å². The zero-order chi connectivity index (χ0) is 15.9. The second kappa shape index (κ2) is 7.26. The van der Waals surface area contributed by atoms with E-state index in [2.05, 4.69) is 14.8 Å². The van der Waals surface area contributed by atoms with Crippen molar-refractivity contribution in [2.24, 2.45) is 0 Å². The summed E-state index contributed by atoms with van der Waals surface area (Å²) in [5.41, 5.74) is 0.555. The minimum Gasteiger partial charge on any atom is -0.457 e. The van der Waals surface area contributed by atoms with E-state index >= 15 is 0 Å². The molecule has 1 amide bonds. The van der Waals surface area contributed by atoms with Gasteiger partial charge in [0, 0.05) is 5.69 Å². The topological polar surface area (TPSA) is 56.8 Å². The number of hydrogen-bond acceptors (Lipinski definition) is 4. The quantitative estimate of drug-likeness (QED) is 0.896. The van der Waals surface area contributed by atoms with Crippen LogP contribution >= 0.6 is 0 Å². The molecule has 0 heterocycles. The number of carbonyl (C=O) groups is 1. The molecule has 0 spiro atoms. The van der Waals surface area contributed by atoms with Crippen molar-refractivity contribution in [1.82, 2.24) is 0 Å². The summed E-state index contributed by atoms with van der Waals surface area (Å²) in [7, 11) is 1.27. The molecule has 0 aromatic heterocycles. The Morgan fingerprint density at radius 1 is 0.955 bits per heavy atom. The maximum Gasteiger partial charge on any atom is 0.411 e. The van der Waals surface area contributed by atoms with Crippen molar-refractivity contribution in [3.63, 3.8) is 0 Å². The normalized spacial score (nSPS) is 10.2. The number of rotatable bonds is 5. The molecule has 7 heteroatoms. The van der Waals surface area contributed by atoms with Crippen molar-refractivity contribution in [3.8, 4) is 17.2 Å². The van der Waals surface area contributed by atoms with Crippen LogP contribution in [0.25, 0.3) is 0 Å². The van der Waals surface area contributed by atoms with Gasteiger partial charge < -0.3 is 14.2 Å². The molecule has 0 radical (unpaired) electrons. The maximum atomic E-state index is 12.0. The number of benzene rings is 2. The van der Waals surface area contributed by atoms with Gasteiger partial charge in [0.15, 0.2) is 0 Å². The molecule has 0 aliphatic carbocycles. The Hall–Kier alpha value is -2.83. The summed E-state index contributed by atoms with van der Waals surface area (Å²) in [4.78, 5) is 11.0. The second-order valence-corrected chi connectivity index (χ2v) is 4.09. The van der Waals surface area contributed by atoms with Crippen LogP contribution in [0, 0.1) is 0 Å². The third-order valence-electron chi connectivity index (χ3n) is 2.57. The molecule has 2 aromatic carbocycles. The average molecular weight is 309 g/mol. The summed E-state index contributed by atoms with van der Waals surface area (Å²) in [5.74, 6) is 1.05. The molecule has 0 aliphatic heterocycles. The predicted octanol–water partition coefficient (Wildman–Crippen LogP) is 4.26. The maximum absolute atomic E-state index is 12.0. The summed E-state index contributed by atoms with van der Waals surface area (Å²) in [6.07, 6.45) is -0.566. The summed E-state index contributed by atoms with van der Waals surface area (Å²) < 4.78 is 38.3. The number of ether oxygens (including phenoxy) is 3. The summed E-state index contributed by atoms with van der Waals surface area (Å²) >= 11 is 0. The number of nitrogens with one attached hydrogen (secondary N) is 1. The summed E-state index contributed by atoms with van der Waals surface area (Å²) in [5, 5.41) is 2.50. The smallest absolute Gasteiger partial charge is 0.411 e. The Balaban J connectivity index is 1.97. The van der Waals surface area contributed by atoms with E-state index in [1.165, 1.54) is 31.4 Å². The zero-order valence-electron chi connectivity index (χ0n) is 11.6. The van der Waals surface area contributed by atoms with Crippen LogP contribution in [-0.4, -0.2) is 19.8 Å². The van der Waals surface area contributed by atoms with Crippen molar-refractivity contribution in [2.75, 3.05) is 12.4 Å². The Labute approximate surface area is 125 Å². The first-order valence-corrected chi connectivity index (χ1v) is 6.24. The van der Waals surface area contributed by atoms with Crippen LogP contribution in [0.2, 0.25) is 0 Å².